The number of rotatable bonds is 3. The molecular formula is C16H17F2N3O2. The first kappa shape index (κ1) is 16.9. The van der Waals surface area contributed by atoms with Crippen LogP contribution < -0.4 is 5.32 Å². The number of halogens is 2. The molecular weight excluding hydrogens is 304 g/mol. The summed E-state index contributed by atoms with van der Waals surface area (Å²) in [5.74, 6) is -2.11. The van der Waals surface area contributed by atoms with Crippen molar-refractivity contribution in [3.8, 4) is 6.07 Å². The summed E-state index contributed by atoms with van der Waals surface area (Å²) in [6.07, 6.45) is 0.744. The Morgan fingerprint density at radius 2 is 1.91 bits per heavy atom. The first-order valence-corrected chi connectivity index (χ1v) is 7.18. The average molecular weight is 321 g/mol. The smallest absolute Gasteiger partial charge is 0.266 e. The summed E-state index contributed by atoms with van der Waals surface area (Å²) in [5.41, 5.74) is -0.634. The molecule has 5 nitrogen and oxygen atoms in total. The lowest BCUT2D eigenvalue weighted by Gasteiger charge is -2.35. The molecule has 1 N–H and O–H groups in total. The third kappa shape index (κ3) is 4.05. The van der Waals surface area contributed by atoms with Gasteiger partial charge in [-0.1, -0.05) is 6.07 Å². The Bertz CT molecular complexity index is 640. The van der Waals surface area contributed by atoms with Crippen LogP contribution >= 0.6 is 0 Å². The summed E-state index contributed by atoms with van der Waals surface area (Å²) in [6, 6.07) is 5.15. The maximum absolute atomic E-state index is 13.5. The van der Waals surface area contributed by atoms with E-state index in [0.29, 0.717) is 13.1 Å². The number of nitrogens with zero attached hydrogens (tertiary/aromatic N) is 2. The van der Waals surface area contributed by atoms with Gasteiger partial charge in [-0.3, -0.25) is 4.79 Å². The molecule has 0 radical (unpaired) electrons. The van der Waals surface area contributed by atoms with Crippen LogP contribution in [0.1, 0.15) is 13.8 Å². The van der Waals surface area contributed by atoms with Gasteiger partial charge in [0.05, 0.1) is 12.2 Å². The van der Waals surface area contributed by atoms with Crippen molar-refractivity contribution in [2.75, 3.05) is 18.4 Å². The summed E-state index contributed by atoms with van der Waals surface area (Å²) in [4.78, 5) is 13.9. The molecule has 0 saturated carbocycles. The normalized spacial score (nSPS) is 21.7. The van der Waals surface area contributed by atoms with Crippen molar-refractivity contribution in [3.63, 3.8) is 0 Å². The molecule has 1 aliphatic rings. The number of hydrogen-bond donors (Lipinski definition) is 1. The maximum atomic E-state index is 13.5. The SMILES string of the molecule is CC1CN(C(=O)/C(C#N)=C\Nc2c(F)cccc2F)CC(C)O1. The lowest BCUT2D eigenvalue weighted by Crippen LogP contribution is -2.48. The van der Waals surface area contributed by atoms with E-state index in [2.05, 4.69) is 5.32 Å². The Hall–Kier alpha value is -2.46. The average Bonchev–Trinajstić information content (AvgIpc) is 2.49. The molecule has 2 rings (SSSR count). The molecule has 122 valence electrons. The highest BCUT2D eigenvalue weighted by atomic mass is 19.1. The van der Waals surface area contributed by atoms with Crippen LogP contribution in [0, 0.1) is 23.0 Å². The Morgan fingerprint density at radius 1 is 1.35 bits per heavy atom. The second kappa shape index (κ2) is 7.20. The van der Waals surface area contributed by atoms with Crippen LogP contribution in [-0.4, -0.2) is 36.1 Å². The predicted molar refractivity (Wildman–Crippen MR) is 80.3 cm³/mol. The van der Waals surface area contributed by atoms with Gasteiger partial charge in [0.2, 0.25) is 0 Å². The molecule has 0 spiro atoms. The molecule has 1 saturated heterocycles. The van der Waals surface area contributed by atoms with E-state index in [4.69, 9.17) is 10.00 Å². The largest absolute Gasteiger partial charge is 0.372 e. The number of benzene rings is 1. The highest BCUT2D eigenvalue weighted by Gasteiger charge is 2.27. The van der Waals surface area contributed by atoms with Crippen LogP contribution in [0.2, 0.25) is 0 Å². The highest BCUT2D eigenvalue weighted by molar-refractivity contribution is 5.97. The number of morpholine rings is 1. The minimum Gasteiger partial charge on any atom is -0.372 e. The van der Waals surface area contributed by atoms with Crippen molar-refractivity contribution in [1.82, 2.24) is 4.90 Å². The molecule has 1 aromatic rings. The Kier molecular flexibility index (Phi) is 5.29. The molecule has 1 amide bonds. The molecule has 0 aromatic heterocycles. The van der Waals surface area contributed by atoms with Crippen LogP contribution in [0.5, 0.6) is 0 Å². The Balaban J connectivity index is 2.16. The van der Waals surface area contributed by atoms with Crippen LogP contribution in [0.4, 0.5) is 14.5 Å². The van der Waals surface area contributed by atoms with Crippen molar-refractivity contribution in [2.24, 2.45) is 0 Å². The second-order valence-electron chi connectivity index (χ2n) is 5.38. The molecule has 0 aliphatic carbocycles. The molecule has 1 heterocycles. The monoisotopic (exact) mass is 321 g/mol. The molecule has 23 heavy (non-hydrogen) atoms. The first-order chi connectivity index (χ1) is 10.9. The number of ether oxygens (including phenoxy) is 1. The van der Waals surface area contributed by atoms with Gasteiger partial charge >= 0.3 is 0 Å². The number of nitrogens with one attached hydrogen (secondary N) is 1. The van der Waals surface area contributed by atoms with Gasteiger partial charge in [0, 0.05) is 19.3 Å². The molecule has 1 fully saturated rings. The van der Waals surface area contributed by atoms with Crippen molar-refractivity contribution >= 4 is 11.6 Å². The van der Waals surface area contributed by atoms with Crippen LogP contribution in [-0.2, 0) is 9.53 Å². The highest BCUT2D eigenvalue weighted by Crippen LogP contribution is 2.19. The van der Waals surface area contributed by atoms with E-state index in [1.807, 2.05) is 13.8 Å². The van der Waals surface area contributed by atoms with Gasteiger partial charge in [0.25, 0.3) is 5.91 Å². The fraction of sp³-hybridized carbons (Fsp3) is 0.375. The lowest BCUT2D eigenvalue weighted by atomic mass is 10.2. The van der Waals surface area contributed by atoms with Crippen molar-refractivity contribution in [1.29, 1.82) is 5.26 Å². The van der Waals surface area contributed by atoms with E-state index < -0.39 is 23.2 Å². The molecule has 0 bridgehead atoms. The zero-order valence-electron chi connectivity index (χ0n) is 12.8. The Morgan fingerprint density at radius 3 is 2.43 bits per heavy atom. The number of carbonyl (C=O) groups is 1. The number of hydrogen-bond acceptors (Lipinski definition) is 4. The molecule has 2 atom stereocenters. The number of amides is 1. The van der Waals surface area contributed by atoms with Crippen molar-refractivity contribution < 1.29 is 18.3 Å². The third-order valence-corrected chi connectivity index (χ3v) is 3.38. The topological polar surface area (TPSA) is 65.4 Å². The summed E-state index contributed by atoms with van der Waals surface area (Å²) in [6.45, 7) is 4.38. The van der Waals surface area contributed by atoms with Crippen LogP contribution in [0.3, 0.4) is 0 Å². The summed E-state index contributed by atoms with van der Waals surface area (Å²) >= 11 is 0. The van der Waals surface area contributed by atoms with Crippen molar-refractivity contribution in [2.45, 2.75) is 26.1 Å². The zero-order chi connectivity index (χ0) is 17.0. The van der Waals surface area contributed by atoms with Crippen LogP contribution in [0.15, 0.2) is 30.0 Å². The van der Waals surface area contributed by atoms with Gasteiger partial charge in [0.15, 0.2) is 0 Å². The number of anilines is 1. The predicted octanol–water partition coefficient (Wildman–Crippen LogP) is 2.42. The molecule has 7 heteroatoms. The molecule has 1 aliphatic heterocycles. The van der Waals surface area contributed by atoms with E-state index in [-0.39, 0.29) is 17.8 Å². The number of carbonyl (C=O) groups excluding carboxylic acids is 1. The van der Waals surface area contributed by atoms with E-state index >= 15 is 0 Å². The van der Waals surface area contributed by atoms with Gasteiger partial charge in [0.1, 0.15) is 29.0 Å². The lowest BCUT2D eigenvalue weighted by molar-refractivity contribution is -0.138. The van der Waals surface area contributed by atoms with Gasteiger partial charge in [-0.25, -0.2) is 8.78 Å². The second-order valence-corrected chi connectivity index (χ2v) is 5.38. The fourth-order valence-electron chi connectivity index (χ4n) is 2.44. The van der Waals surface area contributed by atoms with E-state index in [1.165, 1.54) is 11.0 Å². The quantitative estimate of drug-likeness (QED) is 0.686. The molecule has 2 unspecified atom stereocenters. The zero-order valence-corrected chi connectivity index (χ0v) is 12.8. The van der Waals surface area contributed by atoms with Crippen LogP contribution in [0.25, 0.3) is 0 Å². The van der Waals surface area contributed by atoms with Crippen molar-refractivity contribution in [3.05, 3.63) is 41.6 Å². The third-order valence-electron chi connectivity index (χ3n) is 3.38. The summed E-state index contributed by atoms with van der Waals surface area (Å²) in [7, 11) is 0. The minimum atomic E-state index is -0.806. The van der Waals surface area contributed by atoms with E-state index in [9.17, 15) is 13.6 Å². The van der Waals surface area contributed by atoms with Gasteiger partial charge in [-0.05, 0) is 26.0 Å². The van der Waals surface area contributed by atoms with Gasteiger partial charge in [-0.15, -0.1) is 0 Å². The Labute approximate surface area is 133 Å². The van der Waals surface area contributed by atoms with Gasteiger partial charge in [-0.2, -0.15) is 5.26 Å². The number of para-hydroxylation sites is 1. The van der Waals surface area contributed by atoms with E-state index in [0.717, 1.165) is 18.3 Å². The number of nitriles is 1. The summed E-state index contributed by atoms with van der Waals surface area (Å²) < 4.78 is 32.6. The van der Waals surface area contributed by atoms with Gasteiger partial charge < -0.3 is 15.0 Å². The van der Waals surface area contributed by atoms with E-state index in [1.54, 1.807) is 6.07 Å². The maximum Gasteiger partial charge on any atom is 0.266 e. The fourth-order valence-corrected chi connectivity index (χ4v) is 2.44. The first-order valence-electron chi connectivity index (χ1n) is 7.18. The molecule has 1 aromatic carbocycles. The standard InChI is InChI=1S/C16H17F2N3O2/c1-10-8-21(9-11(2)23-10)16(22)12(6-19)7-20-15-13(17)4-3-5-14(15)18/h3-5,7,10-11,20H,8-9H2,1-2H3/b12-7-. The summed E-state index contributed by atoms with van der Waals surface area (Å²) in [5, 5.41) is 11.5. The minimum absolute atomic E-state index is 0.139.